The first-order chi connectivity index (χ1) is 7.40. The molecule has 2 nitrogen and oxygen atoms in total. The van der Waals surface area contributed by atoms with Crippen LogP contribution in [0.3, 0.4) is 0 Å². The third kappa shape index (κ3) is 2.75. The van der Waals surface area contributed by atoms with Gasteiger partial charge in [-0.05, 0) is 24.1 Å². The SMILES string of the molecule is C[SiH2]CCCc1ccc2c(c1)OCCO2. The Morgan fingerprint density at radius 3 is 2.80 bits per heavy atom. The van der Waals surface area contributed by atoms with Gasteiger partial charge in [-0.2, -0.15) is 0 Å². The van der Waals surface area contributed by atoms with Gasteiger partial charge in [-0.1, -0.05) is 25.1 Å². The molecule has 0 amide bonds. The molecule has 0 spiro atoms. The topological polar surface area (TPSA) is 18.5 Å². The maximum absolute atomic E-state index is 5.55. The zero-order valence-corrected chi connectivity index (χ0v) is 10.7. The molecule has 82 valence electrons. The Morgan fingerprint density at radius 1 is 1.20 bits per heavy atom. The fourth-order valence-electron chi connectivity index (χ4n) is 1.82. The van der Waals surface area contributed by atoms with Crippen LogP contribution in [0, 0.1) is 0 Å². The predicted molar refractivity (Wildman–Crippen MR) is 65.0 cm³/mol. The minimum atomic E-state index is 0.226. The van der Waals surface area contributed by atoms with Gasteiger partial charge in [-0.3, -0.25) is 0 Å². The highest BCUT2D eigenvalue weighted by Crippen LogP contribution is 2.31. The molecule has 0 fully saturated rings. The second-order valence-corrected chi connectivity index (χ2v) is 5.64. The Bertz CT molecular complexity index is 325. The molecule has 0 N–H and O–H groups in total. The molecular formula is C12H18O2Si. The zero-order chi connectivity index (χ0) is 10.5. The summed E-state index contributed by atoms with van der Waals surface area (Å²) >= 11 is 0. The monoisotopic (exact) mass is 222 g/mol. The van der Waals surface area contributed by atoms with Gasteiger partial charge in [0.1, 0.15) is 13.2 Å². The summed E-state index contributed by atoms with van der Waals surface area (Å²) in [7, 11) is 0.226. The van der Waals surface area contributed by atoms with Crippen LogP contribution in [-0.4, -0.2) is 22.7 Å². The van der Waals surface area contributed by atoms with Crippen LogP contribution >= 0.6 is 0 Å². The van der Waals surface area contributed by atoms with Crippen molar-refractivity contribution >= 4 is 9.52 Å². The summed E-state index contributed by atoms with van der Waals surface area (Å²) in [5.41, 5.74) is 1.38. The summed E-state index contributed by atoms with van der Waals surface area (Å²) in [6, 6.07) is 7.76. The second-order valence-electron chi connectivity index (χ2n) is 3.94. The van der Waals surface area contributed by atoms with Gasteiger partial charge in [0, 0.05) is 9.52 Å². The van der Waals surface area contributed by atoms with E-state index in [4.69, 9.17) is 9.47 Å². The third-order valence-corrected chi connectivity index (χ3v) is 3.88. The van der Waals surface area contributed by atoms with Gasteiger partial charge in [0.2, 0.25) is 0 Å². The van der Waals surface area contributed by atoms with E-state index in [0.29, 0.717) is 13.2 Å². The van der Waals surface area contributed by atoms with Crippen molar-refractivity contribution in [2.45, 2.75) is 25.4 Å². The Labute approximate surface area is 93.4 Å². The van der Waals surface area contributed by atoms with Crippen molar-refractivity contribution in [2.24, 2.45) is 0 Å². The molecule has 0 saturated carbocycles. The van der Waals surface area contributed by atoms with Gasteiger partial charge in [-0.15, -0.1) is 0 Å². The van der Waals surface area contributed by atoms with Crippen LogP contribution in [0.25, 0.3) is 0 Å². The zero-order valence-electron chi connectivity index (χ0n) is 9.29. The maximum Gasteiger partial charge on any atom is 0.161 e. The van der Waals surface area contributed by atoms with Crippen LogP contribution < -0.4 is 9.47 Å². The Balaban J connectivity index is 2.00. The average molecular weight is 222 g/mol. The minimum absolute atomic E-state index is 0.226. The predicted octanol–water partition coefficient (Wildman–Crippen LogP) is 2.03. The van der Waals surface area contributed by atoms with Crippen molar-refractivity contribution < 1.29 is 9.47 Å². The quantitative estimate of drug-likeness (QED) is 0.573. The van der Waals surface area contributed by atoms with Crippen LogP contribution in [0.4, 0.5) is 0 Å². The van der Waals surface area contributed by atoms with E-state index in [-0.39, 0.29) is 9.52 Å². The third-order valence-electron chi connectivity index (χ3n) is 2.68. The van der Waals surface area contributed by atoms with Gasteiger partial charge in [0.15, 0.2) is 11.5 Å². The first-order valence-electron chi connectivity index (χ1n) is 5.78. The first kappa shape index (κ1) is 10.6. The molecule has 1 aliphatic rings. The van der Waals surface area contributed by atoms with Crippen molar-refractivity contribution in [3.05, 3.63) is 23.8 Å². The summed E-state index contributed by atoms with van der Waals surface area (Å²) in [5.74, 6) is 1.82. The van der Waals surface area contributed by atoms with E-state index in [9.17, 15) is 0 Å². The Hall–Kier alpha value is -0.963. The molecule has 0 saturated heterocycles. The molecule has 0 unspecified atom stereocenters. The molecule has 0 radical (unpaired) electrons. The highest BCUT2D eigenvalue weighted by molar-refractivity contribution is 6.33. The molecule has 3 heteroatoms. The van der Waals surface area contributed by atoms with E-state index in [1.807, 2.05) is 6.07 Å². The van der Waals surface area contributed by atoms with Crippen molar-refractivity contribution in [3.63, 3.8) is 0 Å². The normalized spacial score (nSPS) is 14.7. The summed E-state index contributed by atoms with van der Waals surface area (Å²) < 4.78 is 11.0. The maximum atomic E-state index is 5.55. The number of hydrogen-bond donors (Lipinski definition) is 0. The largest absolute Gasteiger partial charge is 0.486 e. The highest BCUT2D eigenvalue weighted by Gasteiger charge is 2.11. The molecule has 1 heterocycles. The van der Waals surface area contributed by atoms with Gasteiger partial charge in [0.25, 0.3) is 0 Å². The summed E-state index contributed by atoms with van der Waals surface area (Å²) in [4.78, 5) is 0. The number of aryl methyl sites for hydroxylation is 1. The van der Waals surface area contributed by atoms with Crippen LogP contribution in [0.1, 0.15) is 12.0 Å². The van der Waals surface area contributed by atoms with E-state index >= 15 is 0 Å². The van der Waals surface area contributed by atoms with Crippen LogP contribution in [-0.2, 0) is 6.42 Å². The Kier molecular flexibility index (Phi) is 3.67. The van der Waals surface area contributed by atoms with Crippen LogP contribution in [0.2, 0.25) is 12.6 Å². The summed E-state index contributed by atoms with van der Waals surface area (Å²) in [6.07, 6.45) is 2.50. The number of benzene rings is 1. The van der Waals surface area contributed by atoms with Crippen molar-refractivity contribution in [2.75, 3.05) is 13.2 Å². The summed E-state index contributed by atoms with van der Waals surface area (Å²) in [5, 5.41) is 0. The molecule has 2 rings (SSSR count). The first-order valence-corrected chi connectivity index (χ1v) is 8.20. The minimum Gasteiger partial charge on any atom is -0.486 e. The lowest BCUT2D eigenvalue weighted by molar-refractivity contribution is 0.171. The molecule has 1 aromatic carbocycles. The van der Waals surface area contributed by atoms with Crippen LogP contribution in [0.15, 0.2) is 18.2 Å². The second kappa shape index (κ2) is 5.21. The lowest BCUT2D eigenvalue weighted by atomic mass is 10.1. The van der Waals surface area contributed by atoms with E-state index in [1.54, 1.807) is 0 Å². The number of fused-ring (bicyclic) bond motifs is 1. The smallest absolute Gasteiger partial charge is 0.161 e. The molecule has 0 aliphatic carbocycles. The molecular weight excluding hydrogens is 204 g/mol. The fourth-order valence-corrected chi connectivity index (χ4v) is 2.57. The number of rotatable bonds is 4. The Morgan fingerprint density at radius 2 is 2.00 bits per heavy atom. The lowest BCUT2D eigenvalue weighted by Crippen LogP contribution is -2.15. The molecule has 1 aromatic rings. The van der Waals surface area contributed by atoms with Gasteiger partial charge >= 0.3 is 0 Å². The number of ether oxygens (including phenoxy) is 2. The summed E-state index contributed by atoms with van der Waals surface area (Å²) in [6.45, 7) is 3.72. The molecule has 15 heavy (non-hydrogen) atoms. The van der Waals surface area contributed by atoms with Crippen LogP contribution in [0.5, 0.6) is 11.5 Å². The van der Waals surface area contributed by atoms with Crippen molar-refractivity contribution in [3.8, 4) is 11.5 Å². The van der Waals surface area contributed by atoms with Crippen molar-refractivity contribution in [1.82, 2.24) is 0 Å². The van der Waals surface area contributed by atoms with Gasteiger partial charge in [0.05, 0.1) is 0 Å². The molecule has 0 atom stereocenters. The van der Waals surface area contributed by atoms with E-state index in [2.05, 4.69) is 18.7 Å². The molecule has 0 bridgehead atoms. The van der Waals surface area contributed by atoms with Gasteiger partial charge in [-0.25, -0.2) is 0 Å². The fraction of sp³-hybridized carbons (Fsp3) is 0.500. The average Bonchev–Trinajstić information content (AvgIpc) is 2.29. The lowest BCUT2D eigenvalue weighted by Gasteiger charge is -2.18. The van der Waals surface area contributed by atoms with Gasteiger partial charge < -0.3 is 9.47 Å². The van der Waals surface area contributed by atoms with E-state index in [0.717, 1.165) is 11.5 Å². The van der Waals surface area contributed by atoms with E-state index < -0.39 is 0 Å². The van der Waals surface area contributed by atoms with E-state index in [1.165, 1.54) is 24.4 Å². The highest BCUT2D eigenvalue weighted by atomic mass is 28.2. The standard InChI is InChI=1S/C12H18O2Si/c1-15-8-2-3-10-4-5-11-12(9-10)14-7-6-13-11/h4-5,9H,2-3,6-8,15H2,1H3. The molecule has 0 aromatic heterocycles. The van der Waals surface area contributed by atoms with Crippen molar-refractivity contribution in [1.29, 1.82) is 0 Å². The number of hydrogen-bond acceptors (Lipinski definition) is 2. The molecule has 1 aliphatic heterocycles.